The highest BCUT2D eigenvalue weighted by atomic mass is 16.1. The predicted octanol–water partition coefficient (Wildman–Crippen LogP) is 1.39. The van der Waals surface area contributed by atoms with Crippen LogP contribution in [0.15, 0.2) is 0 Å². The quantitative estimate of drug-likeness (QED) is 0.680. The number of hydrogen-bond acceptors (Lipinski definition) is 2. The summed E-state index contributed by atoms with van der Waals surface area (Å²) in [5, 5.41) is 5.92. The molecule has 0 aliphatic heterocycles. The second-order valence-electron chi connectivity index (χ2n) is 4.77. The normalized spacial score (nSPS) is 11.9. The average Bonchev–Trinajstić information content (AvgIpc) is 2.11. The summed E-state index contributed by atoms with van der Waals surface area (Å²) in [7, 11) is 1.85. The summed E-state index contributed by atoms with van der Waals surface area (Å²) in [4.78, 5) is 11.3. The standard InChI is InChI=1S/C11H24N2O/c1-9(2)11(3,4)8-13-10(14)6-7-12-5/h9,12H,6-8H2,1-5H3,(H,13,14). The summed E-state index contributed by atoms with van der Waals surface area (Å²) in [5.41, 5.74) is 0.176. The van der Waals surface area contributed by atoms with Crippen LogP contribution in [0.4, 0.5) is 0 Å². The largest absolute Gasteiger partial charge is 0.356 e. The van der Waals surface area contributed by atoms with Gasteiger partial charge in [-0.1, -0.05) is 27.7 Å². The maximum absolute atomic E-state index is 11.3. The maximum atomic E-state index is 11.3. The first-order chi connectivity index (χ1) is 6.40. The zero-order chi connectivity index (χ0) is 11.2. The van der Waals surface area contributed by atoms with Crippen molar-refractivity contribution < 1.29 is 4.79 Å². The Bertz CT molecular complexity index is 176. The Labute approximate surface area is 87.6 Å². The van der Waals surface area contributed by atoms with E-state index in [1.807, 2.05) is 7.05 Å². The van der Waals surface area contributed by atoms with E-state index in [4.69, 9.17) is 0 Å². The molecule has 0 atom stereocenters. The first-order valence-corrected chi connectivity index (χ1v) is 5.31. The van der Waals surface area contributed by atoms with Gasteiger partial charge in [0.15, 0.2) is 0 Å². The lowest BCUT2D eigenvalue weighted by Crippen LogP contribution is -2.37. The maximum Gasteiger partial charge on any atom is 0.221 e. The van der Waals surface area contributed by atoms with E-state index in [1.165, 1.54) is 0 Å². The Morgan fingerprint density at radius 2 is 1.93 bits per heavy atom. The van der Waals surface area contributed by atoms with Crippen LogP contribution in [0.3, 0.4) is 0 Å². The molecule has 0 aromatic rings. The summed E-state index contributed by atoms with van der Waals surface area (Å²) >= 11 is 0. The molecule has 3 heteroatoms. The van der Waals surface area contributed by atoms with E-state index >= 15 is 0 Å². The Morgan fingerprint density at radius 1 is 1.36 bits per heavy atom. The number of carbonyl (C=O) groups is 1. The van der Waals surface area contributed by atoms with Gasteiger partial charge in [-0.05, 0) is 18.4 Å². The summed E-state index contributed by atoms with van der Waals surface area (Å²) in [6, 6.07) is 0. The third-order valence-electron chi connectivity index (χ3n) is 2.91. The molecule has 0 saturated carbocycles. The molecule has 0 aromatic carbocycles. The molecule has 0 aliphatic carbocycles. The molecule has 0 fully saturated rings. The zero-order valence-corrected chi connectivity index (χ0v) is 10.1. The fraction of sp³-hybridized carbons (Fsp3) is 0.909. The molecule has 1 amide bonds. The van der Waals surface area contributed by atoms with E-state index < -0.39 is 0 Å². The fourth-order valence-electron chi connectivity index (χ4n) is 0.857. The van der Waals surface area contributed by atoms with Gasteiger partial charge in [-0.3, -0.25) is 4.79 Å². The van der Waals surface area contributed by atoms with Crippen molar-refractivity contribution in [1.82, 2.24) is 10.6 Å². The molecule has 3 nitrogen and oxygen atoms in total. The number of carbonyl (C=O) groups excluding carboxylic acids is 1. The SMILES string of the molecule is CNCCC(=O)NCC(C)(C)C(C)C. The van der Waals surface area contributed by atoms with E-state index in [-0.39, 0.29) is 11.3 Å². The van der Waals surface area contributed by atoms with Crippen LogP contribution < -0.4 is 10.6 Å². The molecule has 0 radical (unpaired) electrons. The van der Waals surface area contributed by atoms with E-state index in [1.54, 1.807) is 0 Å². The molecule has 0 aromatic heterocycles. The van der Waals surface area contributed by atoms with Gasteiger partial charge in [0.05, 0.1) is 0 Å². The Balaban J connectivity index is 3.76. The number of nitrogens with one attached hydrogen (secondary N) is 2. The van der Waals surface area contributed by atoms with Gasteiger partial charge in [0, 0.05) is 19.5 Å². The van der Waals surface area contributed by atoms with Gasteiger partial charge in [0.2, 0.25) is 5.91 Å². The Hall–Kier alpha value is -0.570. The lowest BCUT2D eigenvalue weighted by Gasteiger charge is -2.29. The second kappa shape index (κ2) is 6.02. The van der Waals surface area contributed by atoms with E-state index in [0.717, 1.165) is 13.1 Å². The average molecular weight is 200 g/mol. The summed E-state index contributed by atoms with van der Waals surface area (Å²) in [6.45, 7) is 10.2. The molecule has 0 bridgehead atoms. The molecule has 2 N–H and O–H groups in total. The van der Waals surface area contributed by atoms with Gasteiger partial charge in [-0.2, -0.15) is 0 Å². The first kappa shape index (κ1) is 13.4. The number of rotatable bonds is 6. The van der Waals surface area contributed by atoms with Crippen LogP contribution in [-0.4, -0.2) is 26.0 Å². The lowest BCUT2D eigenvalue weighted by molar-refractivity contribution is -0.121. The molecular formula is C11H24N2O. The van der Waals surface area contributed by atoms with Crippen LogP contribution in [0.2, 0.25) is 0 Å². The Kier molecular flexibility index (Phi) is 5.77. The first-order valence-electron chi connectivity index (χ1n) is 5.31. The van der Waals surface area contributed by atoms with Gasteiger partial charge in [0.1, 0.15) is 0 Å². The van der Waals surface area contributed by atoms with E-state index in [0.29, 0.717) is 12.3 Å². The van der Waals surface area contributed by atoms with Crippen LogP contribution in [0.5, 0.6) is 0 Å². The number of hydrogen-bond donors (Lipinski definition) is 2. The van der Waals surface area contributed by atoms with Gasteiger partial charge in [0.25, 0.3) is 0 Å². The third kappa shape index (κ3) is 5.22. The summed E-state index contributed by atoms with van der Waals surface area (Å²) < 4.78 is 0. The minimum atomic E-state index is 0.132. The van der Waals surface area contributed by atoms with Crippen molar-refractivity contribution in [2.24, 2.45) is 11.3 Å². The highest BCUT2D eigenvalue weighted by molar-refractivity contribution is 5.76. The lowest BCUT2D eigenvalue weighted by atomic mass is 9.81. The third-order valence-corrected chi connectivity index (χ3v) is 2.91. The molecule has 0 rings (SSSR count). The predicted molar refractivity (Wildman–Crippen MR) is 60.2 cm³/mol. The minimum Gasteiger partial charge on any atom is -0.356 e. The van der Waals surface area contributed by atoms with Crippen molar-refractivity contribution >= 4 is 5.91 Å². The summed E-state index contributed by atoms with van der Waals surface area (Å²) in [6.07, 6.45) is 0.560. The molecular weight excluding hydrogens is 176 g/mol. The van der Waals surface area contributed by atoms with Crippen LogP contribution in [0.1, 0.15) is 34.1 Å². The van der Waals surface area contributed by atoms with Crippen LogP contribution in [0, 0.1) is 11.3 Å². The molecule has 0 saturated heterocycles. The van der Waals surface area contributed by atoms with Crippen LogP contribution >= 0.6 is 0 Å². The topological polar surface area (TPSA) is 41.1 Å². The minimum absolute atomic E-state index is 0.132. The van der Waals surface area contributed by atoms with Gasteiger partial charge in [-0.15, -0.1) is 0 Å². The highest BCUT2D eigenvalue weighted by Gasteiger charge is 2.22. The van der Waals surface area contributed by atoms with Gasteiger partial charge >= 0.3 is 0 Å². The molecule has 0 heterocycles. The van der Waals surface area contributed by atoms with Crippen molar-refractivity contribution in [3.8, 4) is 0 Å². The molecule has 14 heavy (non-hydrogen) atoms. The number of amides is 1. The second-order valence-corrected chi connectivity index (χ2v) is 4.77. The molecule has 0 aliphatic rings. The van der Waals surface area contributed by atoms with Gasteiger partial charge in [-0.25, -0.2) is 0 Å². The van der Waals surface area contributed by atoms with Crippen LogP contribution in [-0.2, 0) is 4.79 Å². The van der Waals surface area contributed by atoms with Crippen molar-refractivity contribution in [2.75, 3.05) is 20.1 Å². The monoisotopic (exact) mass is 200 g/mol. The molecule has 0 unspecified atom stereocenters. The van der Waals surface area contributed by atoms with E-state index in [2.05, 4.69) is 38.3 Å². The van der Waals surface area contributed by atoms with Crippen molar-refractivity contribution in [1.29, 1.82) is 0 Å². The zero-order valence-electron chi connectivity index (χ0n) is 10.1. The smallest absolute Gasteiger partial charge is 0.221 e. The fourth-order valence-corrected chi connectivity index (χ4v) is 0.857. The van der Waals surface area contributed by atoms with E-state index in [9.17, 15) is 4.79 Å². The summed E-state index contributed by atoms with van der Waals surface area (Å²) in [5.74, 6) is 0.708. The Morgan fingerprint density at radius 3 is 2.36 bits per heavy atom. The van der Waals surface area contributed by atoms with Crippen molar-refractivity contribution in [3.05, 3.63) is 0 Å². The van der Waals surface area contributed by atoms with Crippen LogP contribution in [0.25, 0.3) is 0 Å². The highest BCUT2D eigenvalue weighted by Crippen LogP contribution is 2.24. The van der Waals surface area contributed by atoms with Crippen molar-refractivity contribution in [2.45, 2.75) is 34.1 Å². The molecule has 84 valence electrons. The van der Waals surface area contributed by atoms with Gasteiger partial charge < -0.3 is 10.6 Å². The molecule has 0 spiro atoms. The van der Waals surface area contributed by atoms with Crippen molar-refractivity contribution in [3.63, 3.8) is 0 Å².